The van der Waals surface area contributed by atoms with Crippen LogP contribution in [0.1, 0.15) is 122 Å². The molecule has 0 saturated carbocycles. The van der Waals surface area contributed by atoms with Crippen LogP contribution in [0, 0.1) is 125 Å². The molecule has 0 spiro atoms. The molecule has 10 rings (SSSR count). The maximum atomic E-state index is 7.54. The van der Waals surface area contributed by atoms with E-state index in [9.17, 15) is 0 Å². The van der Waals surface area contributed by atoms with Gasteiger partial charge in [0.15, 0.2) is 0 Å². The minimum Gasteiger partial charge on any atom is -0.408 e. The second kappa shape index (κ2) is 18.5. The Bertz CT molecular complexity index is 3260. The molecule has 0 bridgehead atoms. The van der Waals surface area contributed by atoms with Gasteiger partial charge in [-0.1, -0.05) is 48.5 Å². The first kappa shape index (κ1) is 49.5. The van der Waals surface area contributed by atoms with Gasteiger partial charge in [-0.2, -0.15) is 0 Å². The standard InChI is InChI=1S/C64H68O6P2/c1-31-27-49-23-19-21-25-51(49)57(59(31)65-71-67-61-45(15)37(7)33(3)41(11)53(61)29-54-42(12)34(4)38(8)46(16)62(54)68-71)58-52-26-22-20-24-50(52)28-32(2)60(58)66-72-69-63-47(17)39(9)35(5)43(13)55(63)30-56-44(14)36(6)40(10)48(18)64(56)70-72/h19-28H,29-30H2,1-18H3. The van der Waals surface area contributed by atoms with E-state index >= 15 is 0 Å². The quantitative estimate of drug-likeness (QED) is 0.160. The lowest BCUT2D eigenvalue weighted by Gasteiger charge is -2.31. The van der Waals surface area contributed by atoms with Gasteiger partial charge in [0.1, 0.15) is 34.5 Å². The molecule has 0 radical (unpaired) electrons. The zero-order chi connectivity index (χ0) is 51.5. The Kier molecular flexibility index (Phi) is 12.7. The van der Waals surface area contributed by atoms with E-state index in [0.717, 1.165) is 89.1 Å². The van der Waals surface area contributed by atoms with Crippen molar-refractivity contribution < 1.29 is 27.1 Å². The highest BCUT2D eigenvalue weighted by atomic mass is 31.2. The van der Waals surface area contributed by atoms with Crippen LogP contribution < -0.4 is 27.1 Å². The predicted octanol–water partition coefficient (Wildman–Crippen LogP) is 18.5. The number of hydrogen-bond donors (Lipinski definition) is 0. The molecule has 0 aromatic heterocycles. The zero-order valence-corrected chi connectivity index (χ0v) is 47.3. The van der Waals surface area contributed by atoms with E-state index in [2.05, 4.69) is 185 Å². The van der Waals surface area contributed by atoms with E-state index in [-0.39, 0.29) is 0 Å². The molecule has 370 valence electrons. The van der Waals surface area contributed by atoms with Crippen LogP contribution in [0.4, 0.5) is 0 Å². The van der Waals surface area contributed by atoms with E-state index in [1.54, 1.807) is 0 Å². The highest BCUT2D eigenvalue weighted by Gasteiger charge is 2.37. The van der Waals surface area contributed by atoms with Crippen molar-refractivity contribution in [3.63, 3.8) is 0 Å². The Balaban J connectivity index is 1.22. The Morgan fingerprint density at radius 3 is 0.847 bits per heavy atom. The average Bonchev–Trinajstić information content (AvgIpc) is 3.35. The summed E-state index contributed by atoms with van der Waals surface area (Å²) in [4.78, 5) is 0. The van der Waals surface area contributed by atoms with Crippen LogP contribution in [0.5, 0.6) is 34.5 Å². The topological polar surface area (TPSA) is 55.4 Å². The molecule has 72 heavy (non-hydrogen) atoms. The monoisotopic (exact) mass is 994 g/mol. The van der Waals surface area contributed by atoms with E-state index in [4.69, 9.17) is 27.1 Å². The van der Waals surface area contributed by atoms with Crippen molar-refractivity contribution in [1.29, 1.82) is 0 Å². The molecule has 6 nitrogen and oxygen atoms in total. The smallest absolute Gasteiger partial charge is 0.408 e. The second-order valence-corrected chi connectivity index (χ2v) is 22.8. The molecule has 0 atom stereocenters. The van der Waals surface area contributed by atoms with Gasteiger partial charge < -0.3 is 27.1 Å². The Morgan fingerprint density at radius 2 is 0.569 bits per heavy atom. The molecule has 0 aliphatic carbocycles. The average molecular weight is 995 g/mol. The highest BCUT2D eigenvalue weighted by molar-refractivity contribution is 7.43. The molecule has 2 heterocycles. The van der Waals surface area contributed by atoms with Crippen molar-refractivity contribution in [3.8, 4) is 45.6 Å². The molecule has 0 unspecified atom stereocenters. The summed E-state index contributed by atoms with van der Waals surface area (Å²) >= 11 is 0. The molecule has 2 aliphatic rings. The minimum atomic E-state index is -2.10. The highest BCUT2D eigenvalue weighted by Crippen LogP contribution is 2.59. The van der Waals surface area contributed by atoms with Crippen molar-refractivity contribution in [2.24, 2.45) is 0 Å². The fraction of sp³-hybridized carbons (Fsp3) is 0.312. The van der Waals surface area contributed by atoms with Crippen LogP contribution in [-0.2, 0) is 12.8 Å². The van der Waals surface area contributed by atoms with Crippen LogP contribution in [0.3, 0.4) is 0 Å². The van der Waals surface area contributed by atoms with Crippen molar-refractivity contribution in [2.45, 2.75) is 137 Å². The van der Waals surface area contributed by atoms with Crippen LogP contribution in [0.15, 0.2) is 60.7 Å². The van der Waals surface area contributed by atoms with Crippen LogP contribution in [0.25, 0.3) is 32.7 Å². The summed E-state index contributed by atoms with van der Waals surface area (Å²) in [5.41, 5.74) is 27.7. The first-order chi connectivity index (χ1) is 34.2. The van der Waals surface area contributed by atoms with Gasteiger partial charge in [0.2, 0.25) is 0 Å². The minimum absolute atomic E-state index is 0.665. The van der Waals surface area contributed by atoms with Crippen LogP contribution >= 0.6 is 17.2 Å². The maximum Gasteiger partial charge on any atom is 0.530 e. The summed E-state index contributed by atoms with van der Waals surface area (Å²) in [6.07, 6.45) is 1.40. The van der Waals surface area contributed by atoms with Gasteiger partial charge in [0.25, 0.3) is 0 Å². The van der Waals surface area contributed by atoms with Crippen molar-refractivity contribution in [1.82, 2.24) is 0 Å². The lowest BCUT2D eigenvalue weighted by atomic mass is 9.86. The summed E-state index contributed by atoms with van der Waals surface area (Å²) < 4.78 is 44.1. The fourth-order valence-corrected chi connectivity index (χ4v) is 13.9. The Morgan fingerprint density at radius 1 is 0.319 bits per heavy atom. The fourth-order valence-electron chi connectivity index (χ4n) is 11.4. The number of hydrogen-bond acceptors (Lipinski definition) is 6. The van der Waals surface area contributed by atoms with Crippen molar-refractivity contribution in [2.75, 3.05) is 0 Å². The number of rotatable bonds is 5. The van der Waals surface area contributed by atoms with E-state index in [0.29, 0.717) is 24.3 Å². The number of benzene rings is 8. The molecule has 0 saturated heterocycles. The number of aryl methyl sites for hydroxylation is 2. The van der Waals surface area contributed by atoms with Gasteiger partial charge in [-0.25, -0.2) is 0 Å². The molecule has 8 aromatic rings. The Labute approximate surface area is 430 Å². The van der Waals surface area contributed by atoms with Crippen LogP contribution in [0.2, 0.25) is 0 Å². The molecule has 0 fully saturated rings. The Hall–Kier alpha value is -6.06. The molecule has 2 aliphatic heterocycles. The molecule has 0 amide bonds. The lowest BCUT2D eigenvalue weighted by Crippen LogP contribution is -2.15. The van der Waals surface area contributed by atoms with Gasteiger partial charge in [0, 0.05) is 46.2 Å². The molecular formula is C64H68O6P2. The largest absolute Gasteiger partial charge is 0.530 e. The van der Waals surface area contributed by atoms with Gasteiger partial charge in [0.05, 0.1) is 0 Å². The predicted molar refractivity (Wildman–Crippen MR) is 301 cm³/mol. The number of fused-ring (bicyclic) bond motifs is 6. The molecule has 8 heteroatoms. The molecular weight excluding hydrogens is 927 g/mol. The summed E-state index contributed by atoms with van der Waals surface area (Å²) in [6, 6.07) is 21.5. The van der Waals surface area contributed by atoms with Gasteiger partial charge in [-0.15, -0.1) is 0 Å². The summed E-state index contributed by atoms with van der Waals surface area (Å²) in [6.45, 7) is 39.5. The third-order valence-electron chi connectivity index (χ3n) is 17.3. The first-order valence-corrected chi connectivity index (χ1v) is 27.5. The third kappa shape index (κ3) is 7.82. The molecule has 8 aromatic carbocycles. The normalized spacial score (nSPS) is 13.6. The second-order valence-electron chi connectivity index (χ2n) is 20.8. The first-order valence-electron chi connectivity index (χ1n) is 25.3. The van der Waals surface area contributed by atoms with Crippen molar-refractivity contribution >= 4 is 38.7 Å². The summed E-state index contributed by atoms with van der Waals surface area (Å²) in [5.74, 6) is 4.67. The van der Waals surface area contributed by atoms with E-state index in [1.807, 2.05) is 0 Å². The van der Waals surface area contributed by atoms with Crippen LogP contribution in [-0.4, -0.2) is 0 Å². The van der Waals surface area contributed by atoms with E-state index < -0.39 is 17.2 Å². The summed E-state index contributed by atoms with van der Waals surface area (Å²) in [5, 5.41) is 4.18. The van der Waals surface area contributed by atoms with Crippen molar-refractivity contribution in [3.05, 3.63) is 183 Å². The van der Waals surface area contributed by atoms with E-state index in [1.165, 1.54) is 89.0 Å². The maximum absolute atomic E-state index is 7.54. The van der Waals surface area contributed by atoms with Gasteiger partial charge in [-0.3, -0.25) is 0 Å². The zero-order valence-electron chi connectivity index (χ0n) is 45.5. The molecule has 0 N–H and O–H groups in total. The third-order valence-corrected chi connectivity index (χ3v) is 19.3. The SMILES string of the molecule is Cc1cc2ccccc2c(-c2c(OP3Oc4c(C)c(C)c(C)c(C)c4Cc4c(C)c(C)c(C)c(C)c4O3)c(C)cc3ccccc23)c1OP1Oc2c(C)c(C)c(C)c(C)c2Cc2c(C)c(C)c(C)c(C)c2O1. The van der Waals surface area contributed by atoms with Gasteiger partial charge >= 0.3 is 17.2 Å². The van der Waals surface area contributed by atoms with Gasteiger partial charge in [-0.05, 0) is 258 Å². The lowest BCUT2D eigenvalue weighted by molar-refractivity contribution is 0.375. The summed E-state index contributed by atoms with van der Waals surface area (Å²) in [7, 11) is -4.19.